The minimum atomic E-state index is -4.92. The van der Waals surface area contributed by atoms with Gasteiger partial charge in [-0.25, -0.2) is 26.3 Å². The van der Waals surface area contributed by atoms with Gasteiger partial charge < -0.3 is 5.11 Å². The van der Waals surface area contributed by atoms with Crippen LogP contribution in [-0.4, -0.2) is 34.1 Å². The molecule has 1 fully saturated rings. The molecule has 0 amide bonds. The lowest BCUT2D eigenvalue weighted by Crippen LogP contribution is -2.87. The van der Waals surface area contributed by atoms with E-state index >= 15 is 0 Å². The van der Waals surface area contributed by atoms with Gasteiger partial charge in [0.25, 0.3) is 11.7 Å². The van der Waals surface area contributed by atoms with E-state index in [4.69, 9.17) is 0 Å². The van der Waals surface area contributed by atoms with Gasteiger partial charge in [0.1, 0.15) is 0 Å². The summed E-state index contributed by atoms with van der Waals surface area (Å²) in [5.74, 6) is -20.3. The van der Waals surface area contributed by atoms with E-state index in [1.165, 1.54) is 0 Å². The van der Waals surface area contributed by atoms with Gasteiger partial charge in [-0.15, -0.1) is 0 Å². The number of halogens is 6. The molecule has 3 atom stereocenters. The molecule has 0 bridgehead atoms. The van der Waals surface area contributed by atoms with Gasteiger partial charge in [-0.05, 0) is 5.92 Å². The molecule has 0 aromatic rings. The van der Waals surface area contributed by atoms with E-state index in [9.17, 15) is 31.4 Å². The highest BCUT2D eigenvalue weighted by Crippen LogP contribution is 2.59. The average molecular weight is 280 g/mol. The van der Waals surface area contributed by atoms with E-state index in [1.807, 2.05) is 0 Å². The zero-order valence-corrected chi connectivity index (χ0v) is 9.65. The van der Waals surface area contributed by atoms with Gasteiger partial charge in [-0.1, -0.05) is 13.8 Å². The van der Waals surface area contributed by atoms with E-state index in [0.29, 0.717) is 0 Å². The van der Waals surface area contributed by atoms with Crippen LogP contribution in [0, 0.1) is 5.92 Å². The first-order chi connectivity index (χ1) is 7.65. The molecule has 1 rings (SSSR count). The van der Waals surface area contributed by atoms with Gasteiger partial charge in [0.15, 0.2) is 5.60 Å². The monoisotopic (exact) mass is 280 g/mol. The Morgan fingerprint density at radius 1 is 0.889 bits per heavy atom. The third-order valence-corrected chi connectivity index (χ3v) is 3.45. The molecule has 0 aliphatic heterocycles. The standard InChI is InChI=1S/C9H14F6N2O/c1-4(2)7(18)5(10,11)3-6(12,13)8(14,16)9(7,15)17/h4,18H,3,16-17H2,1-2H3. The number of hydrogen-bond acceptors (Lipinski definition) is 3. The van der Waals surface area contributed by atoms with E-state index in [2.05, 4.69) is 11.5 Å². The predicted octanol–water partition coefficient (Wildman–Crippen LogP) is 1.30. The highest BCUT2D eigenvalue weighted by atomic mass is 19.3. The first-order valence-corrected chi connectivity index (χ1v) is 5.09. The largest absolute Gasteiger partial charge is 0.379 e. The van der Waals surface area contributed by atoms with Crippen LogP contribution in [0.5, 0.6) is 0 Å². The van der Waals surface area contributed by atoms with Crippen LogP contribution in [0.15, 0.2) is 0 Å². The lowest BCUT2D eigenvalue weighted by Gasteiger charge is -2.56. The Bertz CT molecular complexity index is 357. The summed E-state index contributed by atoms with van der Waals surface area (Å²) in [5.41, 5.74) is 5.23. The van der Waals surface area contributed by atoms with Crippen LogP contribution in [0.2, 0.25) is 0 Å². The van der Waals surface area contributed by atoms with Gasteiger partial charge in [0, 0.05) is 0 Å². The molecule has 3 nitrogen and oxygen atoms in total. The highest BCUT2D eigenvalue weighted by Gasteiger charge is 2.85. The maximum atomic E-state index is 14.0. The number of nitrogens with two attached hydrogens (primary N) is 2. The van der Waals surface area contributed by atoms with Crippen LogP contribution in [0.4, 0.5) is 26.3 Å². The highest BCUT2D eigenvalue weighted by molar-refractivity contribution is 5.23. The molecule has 5 N–H and O–H groups in total. The first kappa shape index (κ1) is 15.5. The van der Waals surface area contributed by atoms with Gasteiger partial charge in [0.05, 0.1) is 6.42 Å². The summed E-state index contributed by atoms with van der Waals surface area (Å²) in [6.07, 6.45) is -2.43. The van der Waals surface area contributed by atoms with Gasteiger partial charge >= 0.3 is 5.92 Å². The van der Waals surface area contributed by atoms with Crippen molar-refractivity contribution in [2.45, 2.75) is 49.3 Å². The van der Waals surface area contributed by atoms with Crippen LogP contribution >= 0.6 is 0 Å². The normalized spacial score (nSPS) is 47.3. The maximum absolute atomic E-state index is 14.0. The number of rotatable bonds is 1. The van der Waals surface area contributed by atoms with Crippen LogP contribution < -0.4 is 11.5 Å². The number of alkyl halides is 6. The molecular formula is C9H14F6N2O. The summed E-state index contributed by atoms with van der Waals surface area (Å²) in [6.45, 7) is 1.79. The summed E-state index contributed by atoms with van der Waals surface area (Å²) in [4.78, 5) is 0. The molecule has 0 saturated heterocycles. The van der Waals surface area contributed by atoms with Crippen molar-refractivity contribution in [1.82, 2.24) is 0 Å². The Labute approximate surface area is 99.1 Å². The molecule has 0 aromatic carbocycles. The second kappa shape index (κ2) is 3.51. The summed E-state index contributed by atoms with van der Waals surface area (Å²) in [6, 6.07) is 0. The zero-order chi connectivity index (χ0) is 14.8. The van der Waals surface area contributed by atoms with Crippen molar-refractivity contribution < 1.29 is 31.4 Å². The predicted molar refractivity (Wildman–Crippen MR) is 50.4 cm³/mol. The van der Waals surface area contributed by atoms with Crippen LogP contribution in [0.1, 0.15) is 20.3 Å². The molecule has 108 valence electrons. The zero-order valence-electron chi connectivity index (χ0n) is 9.65. The Balaban J connectivity index is 3.55. The quantitative estimate of drug-likeness (QED) is 0.500. The van der Waals surface area contributed by atoms with Crippen molar-refractivity contribution in [3.05, 3.63) is 0 Å². The lowest BCUT2D eigenvalue weighted by molar-refractivity contribution is -0.374. The SMILES string of the molecule is CC(C)C1(O)C(F)(F)CC(F)(F)C(N)(F)C1(N)F. The van der Waals surface area contributed by atoms with E-state index in [1.54, 1.807) is 0 Å². The summed E-state index contributed by atoms with van der Waals surface area (Å²) >= 11 is 0. The first-order valence-electron chi connectivity index (χ1n) is 5.09. The summed E-state index contributed by atoms with van der Waals surface area (Å²) in [7, 11) is 0. The Hall–Kier alpha value is -0.540. The third-order valence-electron chi connectivity index (χ3n) is 3.45. The van der Waals surface area contributed by atoms with Gasteiger partial charge in [-0.3, -0.25) is 11.5 Å². The molecule has 3 unspecified atom stereocenters. The Morgan fingerprint density at radius 2 is 1.28 bits per heavy atom. The van der Waals surface area contributed by atoms with Crippen molar-refractivity contribution in [2.75, 3.05) is 0 Å². The molecule has 0 spiro atoms. The molecule has 0 radical (unpaired) electrons. The molecule has 1 aliphatic rings. The third kappa shape index (κ3) is 1.44. The topological polar surface area (TPSA) is 72.3 Å². The second-order valence-electron chi connectivity index (χ2n) is 4.93. The number of aliphatic hydroxyl groups is 1. The van der Waals surface area contributed by atoms with Crippen LogP contribution in [-0.2, 0) is 0 Å². The van der Waals surface area contributed by atoms with Crippen molar-refractivity contribution >= 4 is 0 Å². The van der Waals surface area contributed by atoms with Crippen LogP contribution in [0.25, 0.3) is 0 Å². The smallest absolute Gasteiger partial charge is 0.305 e. The molecule has 18 heavy (non-hydrogen) atoms. The van der Waals surface area contributed by atoms with E-state index in [0.717, 1.165) is 13.8 Å². The van der Waals surface area contributed by atoms with E-state index < -0.39 is 41.4 Å². The average Bonchev–Trinajstić information content (AvgIpc) is 2.11. The fourth-order valence-electron chi connectivity index (χ4n) is 2.19. The van der Waals surface area contributed by atoms with E-state index in [-0.39, 0.29) is 0 Å². The minimum absolute atomic E-state index is 0.897. The second-order valence-corrected chi connectivity index (χ2v) is 4.93. The Kier molecular flexibility index (Phi) is 3.03. The number of hydrogen-bond donors (Lipinski definition) is 3. The fourth-order valence-corrected chi connectivity index (χ4v) is 2.19. The van der Waals surface area contributed by atoms with Crippen molar-refractivity contribution in [3.8, 4) is 0 Å². The fraction of sp³-hybridized carbons (Fsp3) is 1.00. The van der Waals surface area contributed by atoms with Crippen molar-refractivity contribution in [2.24, 2.45) is 17.4 Å². The lowest BCUT2D eigenvalue weighted by atomic mass is 9.65. The summed E-state index contributed by atoms with van der Waals surface area (Å²) < 4.78 is 81.1. The Morgan fingerprint density at radius 3 is 1.61 bits per heavy atom. The molecule has 9 heteroatoms. The van der Waals surface area contributed by atoms with Gasteiger partial charge in [-0.2, -0.15) is 0 Å². The minimum Gasteiger partial charge on any atom is -0.379 e. The molecule has 1 saturated carbocycles. The maximum Gasteiger partial charge on any atom is 0.305 e. The summed E-state index contributed by atoms with van der Waals surface area (Å²) in [5, 5.41) is 9.67. The molecule has 0 heterocycles. The van der Waals surface area contributed by atoms with Crippen LogP contribution in [0.3, 0.4) is 0 Å². The molecular weight excluding hydrogens is 266 g/mol. The molecule has 1 aliphatic carbocycles. The van der Waals surface area contributed by atoms with Gasteiger partial charge in [0.2, 0.25) is 5.79 Å². The van der Waals surface area contributed by atoms with Crippen molar-refractivity contribution in [3.63, 3.8) is 0 Å². The molecule has 0 aromatic heterocycles. The van der Waals surface area contributed by atoms with Crippen molar-refractivity contribution in [1.29, 1.82) is 0 Å².